The minimum atomic E-state index is -0.813. The topological polar surface area (TPSA) is 66.8 Å². The summed E-state index contributed by atoms with van der Waals surface area (Å²) in [6.07, 6.45) is 3.32. The van der Waals surface area contributed by atoms with E-state index >= 15 is 0 Å². The molecule has 4 heteroatoms. The summed E-state index contributed by atoms with van der Waals surface area (Å²) in [7, 11) is 0. The van der Waals surface area contributed by atoms with Crippen LogP contribution in [0.1, 0.15) is 31.2 Å². The number of carboxylic acids is 1. The zero-order chi connectivity index (χ0) is 13.0. The fraction of sp³-hybridized carbons (Fsp3) is 0.500. The lowest BCUT2D eigenvalue weighted by molar-refractivity contribution is -0.144. The molecule has 2 N–H and O–H groups in total. The highest BCUT2D eigenvalue weighted by atomic mass is 16.5. The summed E-state index contributed by atoms with van der Waals surface area (Å²) in [4.78, 5) is 10.8. The predicted molar refractivity (Wildman–Crippen MR) is 66.7 cm³/mol. The number of aliphatic hydroxyl groups excluding tert-OH is 1. The summed E-state index contributed by atoms with van der Waals surface area (Å²) in [5.74, 6) is -0.107. The lowest BCUT2D eigenvalue weighted by Crippen LogP contribution is -2.45. The summed E-state index contributed by atoms with van der Waals surface area (Å²) in [5.41, 5.74) is 0.537. The third kappa shape index (κ3) is 3.01. The molecule has 1 aromatic carbocycles. The van der Waals surface area contributed by atoms with E-state index in [1.807, 2.05) is 24.3 Å². The smallest absolute Gasteiger partial charge is 0.307 e. The van der Waals surface area contributed by atoms with Crippen LogP contribution in [0.2, 0.25) is 0 Å². The van der Waals surface area contributed by atoms with Crippen LogP contribution in [0.25, 0.3) is 0 Å². The molecule has 98 valence electrons. The number of hydrogen-bond acceptors (Lipinski definition) is 3. The van der Waals surface area contributed by atoms with E-state index in [1.165, 1.54) is 0 Å². The lowest BCUT2D eigenvalue weighted by Gasteiger charge is -2.40. The maximum Gasteiger partial charge on any atom is 0.307 e. The van der Waals surface area contributed by atoms with Gasteiger partial charge >= 0.3 is 5.97 Å². The standard InChI is InChI=1S/C14H18O4/c15-9-6-11-2-4-12(5-3-11)18-14(7-1-8-14)10-13(16)17/h2-5,15H,1,6-10H2,(H,16,17). The molecule has 0 aromatic heterocycles. The maximum atomic E-state index is 10.8. The Bertz CT molecular complexity index is 406. The normalized spacial score (nSPS) is 16.9. The van der Waals surface area contributed by atoms with E-state index < -0.39 is 11.6 Å². The Balaban J connectivity index is 2.01. The van der Waals surface area contributed by atoms with E-state index in [9.17, 15) is 4.79 Å². The molecule has 2 rings (SSSR count). The van der Waals surface area contributed by atoms with Gasteiger partial charge in [0.1, 0.15) is 11.4 Å². The van der Waals surface area contributed by atoms with Crippen molar-refractivity contribution in [2.45, 2.75) is 37.7 Å². The van der Waals surface area contributed by atoms with Gasteiger partial charge in [0.05, 0.1) is 6.42 Å². The molecule has 0 unspecified atom stereocenters. The van der Waals surface area contributed by atoms with Crippen LogP contribution in [0, 0.1) is 0 Å². The van der Waals surface area contributed by atoms with Gasteiger partial charge in [0, 0.05) is 6.61 Å². The molecule has 1 fully saturated rings. The largest absolute Gasteiger partial charge is 0.487 e. The van der Waals surface area contributed by atoms with Crippen LogP contribution in [0.5, 0.6) is 5.75 Å². The first-order valence-corrected chi connectivity index (χ1v) is 6.24. The summed E-state index contributed by atoms with van der Waals surface area (Å²) < 4.78 is 5.84. The van der Waals surface area contributed by atoms with Crippen LogP contribution in [0.3, 0.4) is 0 Å². The number of carboxylic acid groups (broad SMARTS) is 1. The first-order chi connectivity index (χ1) is 8.63. The van der Waals surface area contributed by atoms with Crippen LogP contribution in [0.4, 0.5) is 0 Å². The van der Waals surface area contributed by atoms with Gasteiger partial charge in [0.2, 0.25) is 0 Å². The van der Waals surface area contributed by atoms with Crippen molar-refractivity contribution in [3.05, 3.63) is 29.8 Å². The first kappa shape index (κ1) is 12.9. The van der Waals surface area contributed by atoms with Crippen molar-refractivity contribution < 1.29 is 19.7 Å². The molecule has 4 nitrogen and oxygen atoms in total. The number of rotatable bonds is 6. The Morgan fingerprint density at radius 2 is 1.94 bits per heavy atom. The average molecular weight is 250 g/mol. The van der Waals surface area contributed by atoms with Crippen molar-refractivity contribution in [3.8, 4) is 5.75 Å². The molecule has 0 spiro atoms. The molecule has 0 aliphatic heterocycles. The van der Waals surface area contributed by atoms with Crippen LogP contribution in [0.15, 0.2) is 24.3 Å². The molecule has 1 aromatic rings. The van der Waals surface area contributed by atoms with E-state index in [1.54, 1.807) is 0 Å². The Labute approximate surface area is 106 Å². The minimum absolute atomic E-state index is 0.0609. The van der Waals surface area contributed by atoms with Gasteiger partial charge in [-0.2, -0.15) is 0 Å². The van der Waals surface area contributed by atoms with Gasteiger partial charge in [0.15, 0.2) is 0 Å². The van der Waals surface area contributed by atoms with Crippen LogP contribution in [-0.2, 0) is 11.2 Å². The highest BCUT2D eigenvalue weighted by molar-refractivity contribution is 5.68. The number of aliphatic hydroxyl groups is 1. The SMILES string of the molecule is O=C(O)CC1(Oc2ccc(CCO)cc2)CCC1. The number of carbonyl (C=O) groups is 1. The zero-order valence-corrected chi connectivity index (χ0v) is 10.3. The monoisotopic (exact) mass is 250 g/mol. The van der Waals surface area contributed by atoms with Gasteiger partial charge in [-0.3, -0.25) is 4.79 Å². The molecule has 1 aliphatic rings. The fourth-order valence-corrected chi connectivity index (χ4v) is 2.26. The highest BCUT2D eigenvalue weighted by Crippen LogP contribution is 2.39. The Morgan fingerprint density at radius 3 is 2.39 bits per heavy atom. The summed E-state index contributed by atoms with van der Waals surface area (Å²) in [6.45, 7) is 0.128. The summed E-state index contributed by atoms with van der Waals surface area (Å²) in [5, 5.41) is 17.7. The van der Waals surface area contributed by atoms with E-state index in [-0.39, 0.29) is 13.0 Å². The van der Waals surface area contributed by atoms with Gasteiger partial charge in [-0.05, 0) is 43.4 Å². The molecule has 0 atom stereocenters. The van der Waals surface area contributed by atoms with Crippen molar-refractivity contribution in [1.82, 2.24) is 0 Å². The van der Waals surface area contributed by atoms with Crippen LogP contribution >= 0.6 is 0 Å². The Kier molecular flexibility index (Phi) is 3.87. The maximum absolute atomic E-state index is 10.8. The van der Waals surface area contributed by atoms with Crippen LogP contribution < -0.4 is 4.74 Å². The van der Waals surface area contributed by atoms with Crippen molar-refractivity contribution in [1.29, 1.82) is 0 Å². The molecule has 0 bridgehead atoms. The second kappa shape index (κ2) is 5.40. The van der Waals surface area contributed by atoms with Crippen molar-refractivity contribution in [3.63, 3.8) is 0 Å². The molecular formula is C14H18O4. The molecule has 1 saturated carbocycles. The predicted octanol–water partition coefficient (Wildman–Crippen LogP) is 2.00. The van der Waals surface area contributed by atoms with E-state index in [0.717, 1.165) is 24.8 Å². The molecule has 0 amide bonds. The van der Waals surface area contributed by atoms with Gasteiger partial charge in [-0.25, -0.2) is 0 Å². The van der Waals surface area contributed by atoms with E-state index in [2.05, 4.69) is 0 Å². The lowest BCUT2D eigenvalue weighted by atomic mass is 9.77. The second-order valence-corrected chi connectivity index (χ2v) is 4.83. The molecule has 1 aliphatic carbocycles. The van der Waals surface area contributed by atoms with Crippen molar-refractivity contribution in [2.24, 2.45) is 0 Å². The Morgan fingerprint density at radius 1 is 1.28 bits per heavy atom. The van der Waals surface area contributed by atoms with E-state index in [0.29, 0.717) is 12.2 Å². The molecule has 0 heterocycles. The zero-order valence-electron chi connectivity index (χ0n) is 10.3. The number of benzene rings is 1. The molecule has 0 radical (unpaired) electrons. The Hall–Kier alpha value is -1.55. The third-order valence-electron chi connectivity index (χ3n) is 3.40. The van der Waals surface area contributed by atoms with Gasteiger partial charge < -0.3 is 14.9 Å². The molecule has 18 heavy (non-hydrogen) atoms. The molecule has 0 saturated heterocycles. The molecular weight excluding hydrogens is 232 g/mol. The average Bonchev–Trinajstić information content (AvgIpc) is 2.28. The van der Waals surface area contributed by atoms with E-state index in [4.69, 9.17) is 14.9 Å². The third-order valence-corrected chi connectivity index (χ3v) is 3.40. The van der Waals surface area contributed by atoms with Gasteiger partial charge in [-0.1, -0.05) is 12.1 Å². The summed E-state index contributed by atoms with van der Waals surface area (Å²) in [6, 6.07) is 7.48. The fourth-order valence-electron chi connectivity index (χ4n) is 2.26. The number of hydrogen-bond donors (Lipinski definition) is 2. The second-order valence-electron chi connectivity index (χ2n) is 4.83. The van der Waals surface area contributed by atoms with Crippen molar-refractivity contribution >= 4 is 5.97 Å². The number of ether oxygens (including phenoxy) is 1. The van der Waals surface area contributed by atoms with Crippen LogP contribution in [-0.4, -0.2) is 28.4 Å². The first-order valence-electron chi connectivity index (χ1n) is 6.24. The van der Waals surface area contributed by atoms with Gasteiger partial charge in [-0.15, -0.1) is 0 Å². The summed E-state index contributed by atoms with van der Waals surface area (Å²) >= 11 is 0. The minimum Gasteiger partial charge on any atom is -0.487 e. The van der Waals surface area contributed by atoms with Gasteiger partial charge in [0.25, 0.3) is 0 Å². The quantitative estimate of drug-likeness (QED) is 0.810. The van der Waals surface area contributed by atoms with Crippen molar-refractivity contribution in [2.75, 3.05) is 6.61 Å². The number of aliphatic carboxylic acids is 1. The highest BCUT2D eigenvalue weighted by Gasteiger charge is 2.41.